The minimum Gasteiger partial charge on any atom is -0.349 e. The van der Waals surface area contributed by atoms with Gasteiger partial charge in [-0.1, -0.05) is 35.2 Å². The molecule has 158 valence electrons. The largest absolute Gasteiger partial charge is 0.349 e. The summed E-state index contributed by atoms with van der Waals surface area (Å²) in [6.45, 7) is 3.36. The van der Waals surface area contributed by atoms with Gasteiger partial charge in [0.25, 0.3) is 5.56 Å². The van der Waals surface area contributed by atoms with Gasteiger partial charge < -0.3 is 9.88 Å². The molecule has 0 radical (unpaired) electrons. The molecular formula is C22H26BrN5O2. The molecule has 2 fully saturated rings. The Morgan fingerprint density at radius 2 is 1.90 bits per heavy atom. The molecule has 0 unspecified atom stereocenters. The molecule has 3 aromatic rings. The number of amides is 1. The summed E-state index contributed by atoms with van der Waals surface area (Å²) in [6, 6.07) is 6.48. The SMILES string of the molecule is O=C(Cn1cnc2c([nH]c3ccc(Br)cc32)c1=O)N1CCN(C2CCCCC2)CC1. The van der Waals surface area contributed by atoms with Crippen molar-refractivity contribution in [2.75, 3.05) is 26.2 Å². The van der Waals surface area contributed by atoms with Crippen molar-refractivity contribution in [3.05, 3.63) is 39.4 Å². The highest BCUT2D eigenvalue weighted by molar-refractivity contribution is 9.10. The van der Waals surface area contributed by atoms with Gasteiger partial charge in [-0.05, 0) is 31.0 Å². The van der Waals surface area contributed by atoms with E-state index in [-0.39, 0.29) is 18.0 Å². The zero-order valence-electron chi connectivity index (χ0n) is 16.9. The third kappa shape index (κ3) is 3.67. The highest BCUT2D eigenvalue weighted by Crippen LogP contribution is 2.25. The van der Waals surface area contributed by atoms with Crippen LogP contribution in [0.3, 0.4) is 0 Å². The Morgan fingerprint density at radius 3 is 2.67 bits per heavy atom. The molecule has 1 aromatic carbocycles. The molecule has 1 amide bonds. The lowest BCUT2D eigenvalue weighted by molar-refractivity contribution is -0.134. The van der Waals surface area contributed by atoms with Gasteiger partial charge in [-0.2, -0.15) is 0 Å². The molecule has 2 aliphatic rings. The molecule has 7 nitrogen and oxygen atoms in total. The second-order valence-corrected chi connectivity index (χ2v) is 9.34. The van der Waals surface area contributed by atoms with Gasteiger partial charge in [0.2, 0.25) is 5.91 Å². The van der Waals surface area contributed by atoms with Gasteiger partial charge in [-0.15, -0.1) is 0 Å². The molecule has 8 heteroatoms. The molecule has 1 saturated heterocycles. The molecule has 1 aliphatic carbocycles. The Labute approximate surface area is 183 Å². The fraction of sp³-hybridized carbons (Fsp3) is 0.500. The van der Waals surface area contributed by atoms with Gasteiger partial charge in [-0.25, -0.2) is 4.98 Å². The fourth-order valence-electron chi connectivity index (χ4n) is 4.90. The summed E-state index contributed by atoms with van der Waals surface area (Å²) in [4.78, 5) is 37.9. The quantitative estimate of drug-likeness (QED) is 0.636. The van der Waals surface area contributed by atoms with Crippen molar-refractivity contribution in [3.63, 3.8) is 0 Å². The molecule has 0 bridgehead atoms. The highest BCUT2D eigenvalue weighted by Gasteiger charge is 2.27. The van der Waals surface area contributed by atoms with E-state index in [4.69, 9.17) is 0 Å². The van der Waals surface area contributed by atoms with E-state index in [1.807, 2.05) is 23.1 Å². The second kappa shape index (κ2) is 8.15. The lowest BCUT2D eigenvalue weighted by Crippen LogP contribution is -2.53. The average molecular weight is 472 g/mol. The summed E-state index contributed by atoms with van der Waals surface area (Å²) >= 11 is 3.46. The fourth-order valence-corrected chi connectivity index (χ4v) is 5.26. The summed E-state index contributed by atoms with van der Waals surface area (Å²) < 4.78 is 2.35. The zero-order valence-corrected chi connectivity index (χ0v) is 18.5. The van der Waals surface area contributed by atoms with Crippen LogP contribution >= 0.6 is 15.9 Å². The summed E-state index contributed by atoms with van der Waals surface area (Å²) in [7, 11) is 0. The minimum absolute atomic E-state index is 0.0135. The number of piperazine rings is 1. The molecule has 0 atom stereocenters. The van der Waals surface area contributed by atoms with E-state index in [2.05, 4.69) is 30.8 Å². The number of rotatable bonds is 3. The van der Waals surface area contributed by atoms with Gasteiger partial charge in [0, 0.05) is 47.6 Å². The minimum atomic E-state index is -0.207. The van der Waals surface area contributed by atoms with Crippen molar-refractivity contribution in [2.45, 2.75) is 44.7 Å². The van der Waals surface area contributed by atoms with Crippen LogP contribution in [0.1, 0.15) is 32.1 Å². The summed E-state index contributed by atoms with van der Waals surface area (Å²) in [5.41, 5.74) is 1.74. The lowest BCUT2D eigenvalue weighted by Gasteiger charge is -2.40. The Bertz CT molecular complexity index is 1140. The Kier molecular flexibility index (Phi) is 5.37. The van der Waals surface area contributed by atoms with Crippen LogP contribution in [0, 0.1) is 0 Å². The number of aromatic amines is 1. The van der Waals surface area contributed by atoms with Crippen molar-refractivity contribution in [1.82, 2.24) is 24.3 Å². The smallest absolute Gasteiger partial charge is 0.278 e. The van der Waals surface area contributed by atoms with Gasteiger partial charge >= 0.3 is 0 Å². The van der Waals surface area contributed by atoms with Crippen molar-refractivity contribution in [1.29, 1.82) is 0 Å². The van der Waals surface area contributed by atoms with Gasteiger partial charge in [0.1, 0.15) is 17.6 Å². The van der Waals surface area contributed by atoms with Crippen LogP contribution in [0.5, 0.6) is 0 Å². The van der Waals surface area contributed by atoms with Crippen molar-refractivity contribution >= 4 is 43.8 Å². The first kappa shape index (κ1) is 19.8. The van der Waals surface area contributed by atoms with E-state index < -0.39 is 0 Å². The Hall–Kier alpha value is -2.19. The monoisotopic (exact) mass is 471 g/mol. The third-order valence-electron chi connectivity index (χ3n) is 6.60. The normalized spacial score (nSPS) is 19.0. The number of carbonyl (C=O) groups excluding carboxylic acids is 1. The number of benzene rings is 1. The van der Waals surface area contributed by atoms with Gasteiger partial charge in [0.15, 0.2) is 0 Å². The summed E-state index contributed by atoms with van der Waals surface area (Å²) in [5, 5.41) is 0.897. The number of hydrogen-bond donors (Lipinski definition) is 1. The Morgan fingerprint density at radius 1 is 1.13 bits per heavy atom. The molecule has 2 aromatic heterocycles. The van der Waals surface area contributed by atoms with Crippen LogP contribution < -0.4 is 5.56 Å². The highest BCUT2D eigenvalue weighted by atomic mass is 79.9. The maximum atomic E-state index is 13.0. The van der Waals surface area contributed by atoms with Crippen LogP contribution in [0.25, 0.3) is 21.9 Å². The zero-order chi connectivity index (χ0) is 20.7. The number of hydrogen-bond acceptors (Lipinski definition) is 4. The number of carbonyl (C=O) groups is 1. The van der Waals surface area contributed by atoms with E-state index >= 15 is 0 Å². The van der Waals surface area contributed by atoms with E-state index in [1.54, 1.807) is 0 Å². The maximum Gasteiger partial charge on any atom is 0.278 e. The number of nitrogens with one attached hydrogen (secondary N) is 1. The standard InChI is InChI=1S/C22H26BrN5O2/c23-15-6-7-18-17(12-15)20-21(25-18)22(30)28(14-24-20)13-19(29)27-10-8-26(9-11-27)16-4-2-1-3-5-16/h6-7,12,14,16,25H,1-5,8-11,13H2. The van der Waals surface area contributed by atoms with Gasteiger partial charge in [-0.3, -0.25) is 19.1 Å². The van der Waals surface area contributed by atoms with E-state index in [1.165, 1.54) is 43.0 Å². The number of H-pyrrole nitrogens is 1. The molecule has 5 rings (SSSR count). The van der Waals surface area contributed by atoms with Crippen LogP contribution in [-0.4, -0.2) is 62.5 Å². The second-order valence-electron chi connectivity index (χ2n) is 8.42. The molecule has 0 spiro atoms. The van der Waals surface area contributed by atoms with E-state index in [0.29, 0.717) is 17.1 Å². The molecule has 3 heterocycles. The van der Waals surface area contributed by atoms with Crippen LogP contribution in [0.4, 0.5) is 0 Å². The van der Waals surface area contributed by atoms with Crippen LogP contribution in [-0.2, 0) is 11.3 Å². The molecule has 30 heavy (non-hydrogen) atoms. The van der Waals surface area contributed by atoms with Crippen LogP contribution in [0.15, 0.2) is 33.8 Å². The van der Waals surface area contributed by atoms with Crippen molar-refractivity contribution in [3.8, 4) is 0 Å². The lowest BCUT2D eigenvalue weighted by atomic mass is 9.94. The molecule has 1 saturated carbocycles. The summed E-state index contributed by atoms with van der Waals surface area (Å²) in [5.74, 6) is -0.0135. The van der Waals surface area contributed by atoms with E-state index in [9.17, 15) is 9.59 Å². The van der Waals surface area contributed by atoms with Gasteiger partial charge in [0.05, 0.1) is 6.33 Å². The first-order valence-corrected chi connectivity index (χ1v) is 11.6. The predicted octanol–water partition coefficient (Wildman–Crippen LogP) is 3.12. The number of aromatic nitrogens is 3. The molecule has 1 N–H and O–H groups in total. The number of fused-ring (bicyclic) bond motifs is 3. The number of halogens is 1. The van der Waals surface area contributed by atoms with Crippen molar-refractivity contribution in [2.24, 2.45) is 0 Å². The maximum absolute atomic E-state index is 13.0. The first-order chi connectivity index (χ1) is 14.6. The molecule has 1 aliphatic heterocycles. The Balaban J connectivity index is 1.29. The first-order valence-electron chi connectivity index (χ1n) is 10.8. The molecular weight excluding hydrogens is 446 g/mol. The topological polar surface area (TPSA) is 74.2 Å². The van der Waals surface area contributed by atoms with E-state index in [0.717, 1.165) is 41.6 Å². The summed E-state index contributed by atoms with van der Waals surface area (Å²) in [6.07, 6.45) is 8.08. The van der Waals surface area contributed by atoms with Crippen LogP contribution in [0.2, 0.25) is 0 Å². The van der Waals surface area contributed by atoms with Crippen molar-refractivity contribution < 1.29 is 4.79 Å². The average Bonchev–Trinajstić information content (AvgIpc) is 3.15. The number of nitrogens with zero attached hydrogens (tertiary/aromatic N) is 4. The predicted molar refractivity (Wildman–Crippen MR) is 121 cm³/mol. The third-order valence-corrected chi connectivity index (χ3v) is 7.09.